The first-order valence-electron chi connectivity index (χ1n) is 7.38. The molecule has 0 spiro atoms. The summed E-state index contributed by atoms with van der Waals surface area (Å²) in [5.41, 5.74) is 1.10. The Morgan fingerprint density at radius 1 is 1.37 bits per heavy atom. The summed E-state index contributed by atoms with van der Waals surface area (Å²) < 4.78 is 7.69. The van der Waals surface area contributed by atoms with Crippen LogP contribution in [0.1, 0.15) is 25.5 Å². The van der Waals surface area contributed by atoms with Crippen molar-refractivity contribution in [1.29, 1.82) is 0 Å². The summed E-state index contributed by atoms with van der Waals surface area (Å²) >= 11 is 0. The highest BCUT2D eigenvalue weighted by atomic mass is 16.5. The van der Waals surface area contributed by atoms with Crippen LogP contribution < -0.4 is 10.2 Å². The predicted octanol–water partition coefficient (Wildman–Crippen LogP) is 1.42. The fourth-order valence-electron chi connectivity index (χ4n) is 2.48. The zero-order valence-corrected chi connectivity index (χ0v) is 12.2. The number of aromatic nitrogens is 2. The Morgan fingerprint density at radius 2 is 2.26 bits per heavy atom. The molecule has 0 amide bonds. The normalized spacial score (nSPS) is 16.6. The van der Waals surface area contributed by atoms with Gasteiger partial charge < -0.3 is 19.5 Å². The third-order valence-corrected chi connectivity index (χ3v) is 3.39. The highest BCUT2D eigenvalue weighted by Crippen LogP contribution is 2.16. The van der Waals surface area contributed by atoms with E-state index in [4.69, 9.17) is 9.72 Å². The topological polar surface area (TPSA) is 42.3 Å². The molecule has 0 saturated carbocycles. The van der Waals surface area contributed by atoms with Gasteiger partial charge in [0.25, 0.3) is 0 Å². The number of aryl methyl sites for hydroxylation is 2. The molecule has 1 N–H and O–H groups in total. The van der Waals surface area contributed by atoms with Crippen LogP contribution in [0, 0.1) is 6.92 Å². The average molecular weight is 266 g/mol. The van der Waals surface area contributed by atoms with Crippen molar-refractivity contribution in [3.8, 4) is 0 Å². The number of rotatable bonds is 6. The van der Waals surface area contributed by atoms with E-state index in [1.165, 1.54) is 6.42 Å². The minimum Gasteiger partial charge on any atom is -0.382 e. The number of hydrogen-bond donors (Lipinski definition) is 1. The van der Waals surface area contributed by atoms with Crippen molar-refractivity contribution in [3.63, 3.8) is 0 Å². The second-order valence-corrected chi connectivity index (χ2v) is 5.02. The lowest BCUT2D eigenvalue weighted by Crippen LogP contribution is -2.30. The molecule has 2 rings (SSSR count). The van der Waals surface area contributed by atoms with Gasteiger partial charge in [0.2, 0.25) is 5.95 Å². The van der Waals surface area contributed by atoms with Crippen LogP contribution in [0.3, 0.4) is 0 Å². The molecule has 108 valence electrons. The van der Waals surface area contributed by atoms with Gasteiger partial charge in [-0.05, 0) is 33.2 Å². The fraction of sp³-hybridized carbons (Fsp3) is 0.786. The van der Waals surface area contributed by atoms with Crippen LogP contribution in [0.15, 0.2) is 6.20 Å². The Morgan fingerprint density at radius 3 is 3.11 bits per heavy atom. The molecule has 19 heavy (non-hydrogen) atoms. The van der Waals surface area contributed by atoms with Crippen molar-refractivity contribution in [1.82, 2.24) is 14.9 Å². The number of nitrogens with one attached hydrogen (secondary N) is 1. The second kappa shape index (κ2) is 7.50. The first-order chi connectivity index (χ1) is 9.31. The maximum absolute atomic E-state index is 5.41. The van der Waals surface area contributed by atoms with Crippen LogP contribution >= 0.6 is 0 Å². The molecule has 1 aliphatic heterocycles. The predicted molar refractivity (Wildman–Crippen MR) is 77.8 cm³/mol. The van der Waals surface area contributed by atoms with Crippen molar-refractivity contribution < 1.29 is 4.74 Å². The highest BCUT2D eigenvalue weighted by molar-refractivity contribution is 5.33. The summed E-state index contributed by atoms with van der Waals surface area (Å²) in [7, 11) is 0. The smallest absolute Gasteiger partial charge is 0.205 e. The summed E-state index contributed by atoms with van der Waals surface area (Å²) in [6.07, 6.45) is 4.38. The summed E-state index contributed by atoms with van der Waals surface area (Å²) in [4.78, 5) is 7.09. The first-order valence-corrected chi connectivity index (χ1v) is 7.38. The number of imidazole rings is 1. The van der Waals surface area contributed by atoms with E-state index >= 15 is 0 Å². The highest BCUT2D eigenvalue weighted by Gasteiger charge is 2.15. The van der Waals surface area contributed by atoms with E-state index < -0.39 is 0 Å². The maximum atomic E-state index is 5.41. The van der Waals surface area contributed by atoms with Crippen LogP contribution in [0.2, 0.25) is 0 Å². The molecule has 0 atom stereocenters. The van der Waals surface area contributed by atoms with E-state index in [1.54, 1.807) is 0 Å². The van der Waals surface area contributed by atoms with Crippen LogP contribution in [0.25, 0.3) is 0 Å². The lowest BCUT2D eigenvalue weighted by Gasteiger charge is -2.22. The van der Waals surface area contributed by atoms with Crippen molar-refractivity contribution in [3.05, 3.63) is 11.9 Å². The Kier molecular flexibility index (Phi) is 5.66. The SMILES string of the molecule is CCOCCCn1cc(C)nc1N1CCCNCC1. The molecule has 2 heterocycles. The first kappa shape index (κ1) is 14.3. The van der Waals surface area contributed by atoms with Crippen molar-refractivity contribution in [2.45, 2.75) is 33.2 Å². The molecule has 1 aromatic heterocycles. The number of hydrogen-bond acceptors (Lipinski definition) is 4. The summed E-state index contributed by atoms with van der Waals surface area (Å²) in [5.74, 6) is 1.12. The van der Waals surface area contributed by atoms with Gasteiger partial charge in [-0.1, -0.05) is 0 Å². The lowest BCUT2D eigenvalue weighted by molar-refractivity contribution is 0.141. The van der Waals surface area contributed by atoms with E-state index in [0.717, 1.165) is 64.0 Å². The monoisotopic (exact) mass is 266 g/mol. The van der Waals surface area contributed by atoms with E-state index in [2.05, 4.69) is 27.9 Å². The number of nitrogens with zero attached hydrogens (tertiary/aromatic N) is 3. The van der Waals surface area contributed by atoms with Gasteiger partial charge in [-0.2, -0.15) is 0 Å². The largest absolute Gasteiger partial charge is 0.382 e. The van der Waals surface area contributed by atoms with Gasteiger partial charge in [0.1, 0.15) is 0 Å². The van der Waals surface area contributed by atoms with Gasteiger partial charge in [0.15, 0.2) is 0 Å². The molecule has 0 aromatic carbocycles. The number of ether oxygens (including phenoxy) is 1. The molecule has 5 heteroatoms. The molecule has 0 bridgehead atoms. The molecular weight excluding hydrogens is 240 g/mol. The Balaban J connectivity index is 1.98. The van der Waals surface area contributed by atoms with Crippen LogP contribution in [0.5, 0.6) is 0 Å². The zero-order chi connectivity index (χ0) is 13.5. The molecular formula is C14H26N4O. The maximum Gasteiger partial charge on any atom is 0.205 e. The Labute approximate surface area is 116 Å². The third-order valence-electron chi connectivity index (χ3n) is 3.39. The molecule has 1 aliphatic rings. The van der Waals surface area contributed by atoms with Crippen LogP contribution in [-0.4, -0.2) is 48.9 Å². The minimum atomic E-state index is 0.799. The van der Waals surface area contributed by atoms with E-state index in [0.29, 0.717) is 0 Å². The quantitative estimate of drug-likeness (QED) is 0.791. The third kappa shape index (κ3) is 4.21. The molecule has 1 saturated heterocycles. The van der Waals surface area contributed by atoms with Crippen molar-refractivity contribution in [2.24, 2.45) is 0 Å². The van der Waals surface area contributed by atoms with E-state index in [-0.39, 0.29) is 0 Å². The molecule has 1 fully saturated rings. The minimum absolute atomic E-state index is 0.799. The van der Waals surface area contributed by atoms with E-state index in [1.807, 2.05) is 6.92 Å². The standard InChI is InChI=1S/C14H26N4O/c1-3-19-11-5-9-18-12-13(2)16-14(18)17-8-4-6-15-7-10-17/h12,15H,3-11H2,1-2H3. The van der Waals surface area contributed by atoms with Crippen LogP contribution in [0.4, 0.5) is 5.95 Å². The van der Waals surface area contributed by atoms with Gasteiger partial charge in [-0.3, -0.25) is 0 Å². The molecule has 5 nitrogen and oxygen atoms in total. The molecule has 0 aliphatic carbocycles. The zero-order valence-electron chi connectivity index (χ0n) is 12.2. The van der Waals surface area contributed by atoms with Gasteiger partial charge in [-0.15, -0.1) is 0 Å². The Bertz CT molecular complexity index is 370. The van der Waals surface area contributed by atoms with Gasteiger partial charge in [0.05, 0.1) is 5.69 Å². The summed E-state index contributed by atoms with van der Waals surface area (Å²) in [6.45, 7) is 11.0. The van der Waals surface area contributed by atoms with Crippen molar-refractivity contribution >= 4 is 5.95 Å². The van der Waals surface area contributed by atoms with Gasteiger partial charge in [-0.25, -0.2) is 4.98 Å². The van der Waals surface area contributed by atoms with Crippen LogP contribution in [-0.2, 0) is 11.3 Å². The molecule has 0 unspecified atom stereocenters. The average Bonchev–Trinajstić information content (AvgIpc) is 2.64. The van der Waals surface area contributed by atoms with Crippen molar-refractivity contribution in [2.75, 3.05) is 44.3 Å². The molecule has 1 aromatic rings. The summed E-state index contributed by atoms with van der Waals surface area (Å²) in [6, 6.07) is 0. The molecule has 0 radical (unpaired) electrons. The summed E-state index contributed by atoms with van der Waals surface area (Å²) in [5, 5.41) is 3.43. The van der Waals surface area contributed by atoms with Gasteiger partial charge >= 0.3 is 0 Å². The van der Waals surface area contributed by atoms with Gasteiger partial charge in [0, 0.05) is 45.6 Å². The van der Waals surface area contributed by atoms with E-state index in [9.17, 15) is 0 Å². The second-order valence-electron chi connectivity index (χ2n) is 5.02. The number of anilines is 1. The Hall–Kier alpha value is -1.07. The fourth-order valence-corrected chi connectivity index (χ4v) is 2.48. The lowest BCUT2D eigenvalue weighted by atomic mass is 10.4.